The van der Waals surface area contributed by atoms with Gasteiger partial charge >= 0.3 is 0 Å². The second-order valence-electron chi connectivity index (χ2n) is 7.80. The first-order valence-electron chi connectivity index (χ1n) is 9.71. The molecule has 2 aliphatic rings. The standard InChI is InChI=1S/C21H30N2O2/c1-15-12-16(2)14-19(13-15)22-20(24)17-6-8-18(9-7-17)21(25)23-10-4-3-5-11-23/h12-14,17-18H,3-11H2,1-2H3,(H,22,24). The van der Waals surface area contributed by atoms with Crippen LogP contribution in [0.1, 0.15) is 56.1 Å². The predicted molar refractivity (Wildman–Crippen MR) is 100 cm³/mol. The fourth-order valence-electron chi connectivity index (χ4n) is 4.27. The minimum atomic E-state index is 0.0335. The zero-order chi connectivity index (χ0) is 17.8. The first kappa shape index (κ1) is 18.0. The van der Waals surface area contributed by atoms with Gasteiger partial charge in [-0.1, -0.05) is 6.07 Å². The lowest BCUT2D eigenvalue weighted by molar-refractivity contribution is -0.138. The van der Waals surface area contributed by atoms with Gasteiger partial charge in [0.1, 0.15) is 0 Å². The van der Waals surface area contributed by atoms with Crippen molar-refractivity contribution in [3.05, 3.63) is 29.3 Å². The summed E-state index contributed by atoms with van der Waals surface area (Å²) in [4.78, 5) is 27.2. The highest BCUT2D eigenvalue weighted by atomic mass is 16.2. The van der Waals surface area contributed by atoms with Gasteiger partial charge in [0, 0.05) is 30.6 Å². The van der Waals surface area contributed by atoms with Crippen LogP contribution in [0.25, 0.3) is 0 Å². The Morgan fingerprint density at radius 2 is 1.44 bits per heavy atom. The van der Waals surface area contributed by atoms with E-state index >= 15 is 0 Å². The van der Waals surface area contributed by atoms with Crippen LogP contribution in [-0.4, -0.2) is 29.8 Å². The van der Waals surface area contributed by atoms with Gasteiger partial charge in [0.15, 0.2) is 0 Å². The molecule has 1 aromatic rings. The first-order valence-corrected chi connectivity index (χ1v) is 9.71. The number of likely N-dealkylation sites (tertiary alicyclic amines) is 1. The molecule has 1 saturated heterocycles. The summed E-state index contributed by atoms with van der Waals surface area (Å²) >= 11 is 0. The molecule has 1 N–H and O–H groups in total. The maximum absolute atomic E-state index is 12.6. The summed E-state index contributed by atoms with van der Waals surface area (Å²) in [7, 11) is 0. The Morgan fingerprint density at radius 1 is 0.880 bits per heavy atom. The van der Waals surface area contributed by atoms with E-state index in [2.05, 4.69) is 11.4 Å². The summed E-state index contributed by atoms with van der Waals surface area (Å²) in [5.74, 6) is 0.594. The number of hydrogen-bond acceptors (Lipinski definition) is 2. The molecule has 0 spiro atoms. The van der Waals surface area contributed by atoms with Crippen LogP contribution in [0.4, 0.5) is 5.69 Å². The number of aryl methyl sites for hydroxylation is 2. The molecule has 25 heavy (non-hydrogen) atoms. The summed E-state index contributed by atoms with van der Waals surface area (Å²) in [5, 5.41) is 3.07. The number of rotatable bonds is 3. The average molecular weight is 342 g/mol. The molecule has 2 amide bonds. The molecule has 0 radical (unpaired) electrons. The van der Waals surface area contributed by atoms with E-state index in [0.29, 0.717) is 5.91 Å². The largest absolute Gasteiger partial charge is 0.342 e. The lowest BCUT2D eigenvalue weighted by atomic mass is 9.80. The zero-order valence-corrected chi connectivity index (χ0v) is 15.5. The third-order valence-electron chi connectivity index (χ3n) is 5.60. The van der Waals surface area contributed by atoms with Crippen LogP contribution in [0.2, 0.25) is 0 Å². The monoisotopic (exact) mass is 342 g/mol. The van der Waals surface area contributed by atoms with E-state index in [0.717, 1.165) is 68.4 Å². The molecule has 0 unspecified atom stereocenters. The second kappa shape index (κ2) is 8.03. The molecule has 4 nitrogen and oxygen atoms in total. The molecule has 1 aliphatic heterocycles. The number of benzene rings is 1. The van der Waals surface area contributed by atoms with Crippen molar-refractivity contribution in [2.75, 3.05) is 18.4 Å². The highest BCUT2D eigenvalue weighted by molar-refractivity contribution is 5.93. The van der Waals surface area contributed by atoms with Crippen molar-refractivity contribution in [3.63, 3.8) is 0 Å². The molecule has 0 atom stereocenters. The Bertz CT molecular complexity index is 607. The van der Waals surface area contributed by atoms with Crippen molar-refractivity contribution in [2.24, 2.45) is 11.8 Å². The van der Waals surface area contributed by atoms with Crippen LogP contribution in [0.5, 0.6) is 0 Å². The fourth-order valence-corrected chi connectivity index (χ4v) is 4.27. The minimum absolute atomic E-state index is 0.0335. The molecule has 4 heteroatoms. The van der Waals surface area contributed by atoms with Gasteiger partial charge < -0.3 is 10.2 Å². The van der Waals surface area contributed by atoms with Crippen molar-refractivity contribution >= 4 is 17.5 Å². The molecule has 2 fully saturated rings. The topological polar surface area (TPSA) is 49.4 Å². The first-order chi connectivity index (χ1) is 12.0. The predicted octanol–water partition coefficient (Wildman–Crippen LogP) is 4.06. The van der Waals surface area contributed by atoms with E-state index in [4.69, 9.17) is 0 Å². The highest BCUT2D eigenvalue weighted by Crippen LogP contribution is 2.31. The molecule has 1 heterocycles. The molecule has 1 aliphatic carbocycles. The highest BCUT2D eigenvalue weighted by Gasteiger charge is 2.32. The van der Waals surface area contributed by atoms with Crippen molar-refractivity contribution < 1.29 is 9.59 Å². The Morgan fingerprint density at radius 3 is 2.04 bits per heavy atom. The van der Waals surface area contributed by atoms with Gasteiger partial charge in [-0.3, -0.25) is 9.59 Å². The quantitative estimate of drug-likeness (QED) is 0.900. The number of anilines is 1. The number of carbonyl (C=O) groups is 2. The van der Waals surface area contributed by atoms with Crippen LogP contribution in [0.15, 0.2) is 18.2 Å². The van der Waals surface area contributed by atoms with Crippen molar-refractivity contribution in [1.82, 2.24) is 4.90 Å². The minimum Gasteiger partial charge on any atom is -0.342 e. The van der Waals surface area contributed by atoms with Crippen LogP contribution < -0.4 is 5.32 Å². The van der Waals surface area contributed by atoms with Gasteiger partial charge in [0.05, 0.1) is 0 Å². The van der Waals surface area contributed by atoms with Crippen LogP contribution >= 0.6 is 0 Å². The van der Waals surface area contributed by atoms with E-state index in [1.165, 1.54) is 6.42 Å². The van der Waals surface area contributed by atoms with Gasteiger partial charge in [0.2, 0.25) is 11.8 Å². The number of nitrogens with one attached hydrogen (secondary N) is 1. The third-order valence-corrected chi connectivity index (χ3v) is 5.60. The van der Waals surface area contributed by atoms with E-state index in [1.54, 1.807) is 0 Å². The molecule has 3 rings (SSSR count). The number of carbonyl (C=O) groups excluding carboxylic acids is 2. The smallest absolute Gasteiger partial charge is 0.227 e. The van der Waals surface area contributed by atoms with Crippen LogP contribution in [0, 0.1) is 25.7 Å². The summed E-state index contributed by atoms with van der Waals surface area (Å²) in [6.45, 7) is 5.93. The van der Waals surface area contributed by atoms with Gasteiger partial charge in [-0.2, -0.15) is 0 Å². The van der Waals surface area contributed by atoms with Gasteiger partial charge in [-0.25, -0.2) is 0 Å². The molecular weight excluding hydrogens is 312 g/mol. The van der Waals surface area contributed by atoms with E-state index in [1.807, 2.05) is 30.9 Å². The lowest BCUT2D eigenvalue weighted by Gasteiger charge is -2.33. The van der Waals surface area contributed by atoms with E-state index in [9.17, 15) is 9.59 Å². The summed E-state index contributed by atoms with van der Waals surface area (Å²) in [5.41, 5.74) is 3.20. The number of nitrogens with zero attached hydrogens (tertiary/aromatic N) is 1. The van der Waals surface area contributed by atoms with E-state index in [-0.39, 0.29) is 17.7 Å². The number of hydrogen-bond donors (Lipinski definition) is 1. The molecular formula is C21H30N2O2. The van der Waals surface area contributed by atoms with Gasteiger partial charge in [0.25, 0.3) is 0 Å². The Kier molecular flexibility index (Phi) is 5.77. The summed E-state index contributed by atoms with van der Waals surface area (Å²) < 4.78 is 0. The molecule has 0 aromatic heterocycles. The van der Waals surface area contributed by atoms with Crippen molar-refractivity contribution in [3.8, 4) is 0 Å². The average Bonchev–Trinajstić information content (AvgIpc) is 2.61. The fraction of sp³-hybridized carbons (Fsp3) is 0.619. The van der Waals surface area contributed by atoms with Gasteiger partial charge in [-0.15, -0.1) is 0 Å². The van der Waals surface area contributed by atoms with Crippen LogP contribution in [0.3, 0.4) is 0 Å². The molecule has 136 valence electrons. The Labute approximate surface area is 151 Å². The third kappa shape index (κ3) is 4.62. The second-order valence-corrected chi connectivity index (χ2v) is 7.80. The number of amides is 2. The van der Waals surface area contributed by atoms with Crippen LogP contribution in [-0.2, 0) is 9.59 Å². The summed E-state index contributed by atoms with van der Waals surface area (Å²) in [6.07, 6.45) is 6.86. The molecule has 0 bridgehead atoms. The lowest BCUT2D eigenvalue weighted by Crippen LogP contribution is -2.41. The van der Waals surface area contributed by atoms with Crippen molar-refractivity contribution in [1.29, 1.82) is 0 Å². The maximum Gasteiger partial charge on any atom is 0.227 e. The maximum atomic E-state index is 12.6. The Hall–Kier alpha value is -1.84. The SMILES string of the molecule is Cc1cc(C)cc(NC(=O)C2CCC(C(=O)N3CCCCC3)CC2)c1. The number of piperidine rings is 1. The van der Waals surface area contributed by atoms with Gasteiger partial charge in [-0.05, 0) is 82.1 Å². The zero-order valence-electron chi connectivity index (χ0n) is 15.5. The molecule has 1 saturated carbocycles. The van der Waals surface area contributed by atoms with Crippen molar-refractivity contribution in [2.45, 2.75) is 58.8 Å². The Balaban J connectivity index is 1.51. The van der Waals surface area contributed by atoms with E-state index < -0.39 is 0 Å². The summed E-state index contributed by atoms with van der Waals surface area (Å²) in [6, 6.07) is 6.12. The normalized spacial score (nSPS) is 24.0. The molecule has 1 aromatic carbocycles.